The van der Waals surface area contributed by atoms with Crippen LogP contribution in [0.1, 0.15) is 16.1 Å². The van der Waals surface area contributed by atoms with Gasteiger partial charge in [0.2, 0.25) is 0 Å². The zero-order valence-electron chi connectivity index (χ0n) is 10.6. The van der Waals surface area contributed by atoms with Crippen molar-refractivity contribution in [1.82, 2.24) is 9.78 Å². The molecule has 0 fully saturated rings. The van der Waals surface area contributed by atoms with E-state index >= 15 is 0 Å². The van der Waals surface area contributed by atoms with Crippen molar-refractivity contribution in [2.45, 2.75) is 6.42 Å². The first-order valence-corrected chi connectivity index (χ1v) is 5.91. The van der Waals surface area contributed by atoms with Crippen molar-refractivity contribution >= 4 is 17.3 Å². The number of hydrogen-bond acceptors (Lipinski definition) is 4. The van der Waals surface area contributed by atoms with Crippen molar-refractivity contribution in [2.75, 3.05) is 17.6 Å². The molecule has 0 aliphatic rings. The number of aromatic nitrogens is 2. The number of nitrogens with zero attached hydrogens (tertiary/aromatic N) is 2. The van der Waals surface area contributed by atoms with Crippen LogP contribution in [0.2, 0.25) is 0 Å². The number of rotatable bonds is 5. The zero-order chi connectivity index (χ0) is 13.8. The van der Waals surface area contributed by atoms with Gasteiger partial charge in [-0.3, -0.25) is 4.68 Å². The van der Waals surface area contributed by atoms with E-state index < -0.39 is 5.97 Å². The summed E-state index contributed by atoms with van der Waals surface area (Å²) in [5.74, 6) is -0.979. The lowest BCUT2D eigenvalue weighted by atomic mass is 10.1. The molecule has 100 valence electrons. The molecule has 2 aromatic rings. The largest absolute Gasteiger partial charge is 0.478 e. The fourth-order valence-electron chi connectivity index (χ4n) is 1.83. The van der Waals surface area contributed by atoms with Gasteiger partial charge in [0.05, 0.1) is 16.9 Å². The summed E-state index contributed by atoms with van der Waals surface area (Å²) in [6.07, 6.45) is 2.57. The highest BCUT2D eigenvalue weighted by Gasteiger charge is 2.06. The molecule has 0 aliphatic carbocycles. The summed E-state index contributed by atoms with van der Waals surface area (Å²) in [6.45, 7) is 0.705. The molecule has 6 heteroatoms. The minimum Gasteiger partial charge on any atom is -0.478 e. The van der Waals surface area contributed by atoms with Crippen LogP contribution in [0, 0.1) is 0 Å². The lowest BCUT2D eigenvalue weighted by molar-refractivity contribution is 0.0697. The molecule has 6 nitrogen and oxygen atoms in total. The van der Waals surface area contributed by atoms with Gasteiger partial charge in [-0.15, -0.1) is 0 Å². The fourth-order valence-corrected chi connectivity index (χ4v) is 1.83. The summed E-state index contributed by atoms with van der Waals surface area (Å²) in [6, 6.07) is 6.63. The molecule has 0 unspecified atom stereocenters. The Morgan fingerprint density at radius 2 is 2.26 bits per heavy atom. The second-order valence-electron chi connectivity index (χ2n) is 4.23. The Morgan fingerprint density at radius 1 is 1.47 bits per heavy atom. The van der Waals surface area contributed by atoms with Crippen LogP contribution in [0.5, 0.6) is 0 Å². The van der Waals surface area contributed by atoms with Crippen LogP contribution >= 0.6 is 0 Å². The summed E-state index contributed by atoms with van der Waals surface area (Å²) < 4.78 is 1.82. The molecular weight excluding hydrogens is 244 g/mol. The van der Waals surface area contributed by atoms with Crippen LogP contribution in [0.4, 0.5) is 11.4 Å². The van der Waals surface area contributed by atoms with Crippen molar-refractivity contribution < 1.29 is 9.90 Å². The molecule has 19 heavy (non-hydrogen) atoms. The molecule has 0 radical (unpaired) electrons. The molecule has 0 aliphatic heterocycles. The molecular formula is C13H16N4O2. The average molecular weight is 260 g/mol. The number of nitrogens with one attached hydrogen (secondary N) is 1. The lowest BCUT2D eigenvalue weighted by Gasteiger charge is -2.10. The van der Waals surface area contributed by atoms with Gasteiger partial charge in [0.1, 0.15) is 0 Å². The van der Waals surface area contributed by atoms with Gasteiger partial charge >= 0.3 is 5.97 Å². The number of benzene rings is 1. The predicted octanol–water partition coefficient (Wildman–Crippen LogP) is 1.36. The second-order valence-corrected chi connectivity index (χ2v) is 4.23. The zero-order valence-corrected chi connectivity index (χ0v) is 10.6. The molecule has 0 saturated heterocycles. The number of aromatic carboxylic acids is 1. The lowest BCUT2D eigenvalue weighted by Crippen LogP contribution is -2.10. The Labute approximate surface area is 110 Å². The normalized spacial score (nSPS) is 10.4. The van der Waals surface area contributed by atoms with Crippen molar-refractivity contribution in [3.05, 3.63) is 41.7 Å². The van der Waals surface area contributed by atoms with Gasteiger partial charge in [-0.25, -0.2) is 4.79 Å². The van der Waals surface area contributed by atoms with Gasteiger partial charge in [0.25, 0.3) is 0 Å². The van der Waals surface area contributed by atoms with E-state index in [0.717, 1.165) is 17.8 Å². The fraction of sp³-hybridized carbons (Fsp3) is 0.231. The van der Waals surface area contributed by atoms with E-state index in [9.17, 15) is 4.79 Å². The highest BCUT2D eigenvalue weighted by Crippen LogP contribution is 2.19. The van der Waals surface area contributed by atoms with Crippen LogP contribution in [0.3, 0.4) is 0 Å². The van der Waals surface area contributed by atoms with Crippen LogP contribution in [0.25, 0.3) is 0 Å². The molecule has 1 aromatic carbocycles. The van der Waals surface area contributed by atoms with Crippen molar-refractivity contribution in [2.24, 2.45) is 7.05 Å². The first-order chi connectivity index (χ1) is 9.08. The quantitative estimate of drug-likeness (QED) is 0.706. The highest BCUT2D eigenvalue weighted by molar-refractivity contribution is 5.90. The topological polar surface area (TPSA) is 93.2 Å². The smallest absolute Gasteiger partial charge is 0.335 e. The van der Waals surface area contributed by atoms with Crippen LogP contribution in [-0.4, -0.2) is 27.4 Å². The van der Waals surface area contributed by atoms with Gasteiger partial charge in [-0.1, -0.05) is 0 Å². The van der Waals surface area contributed by atoms with Crippen molar-refractivity contribution in [1.29, 1.82) is 0 Å². The van der Waals surface area contributed by atoms with Crippen LogP contribution in [-0.2, 0) is 13.5 Å². The van der Waals surface area contributed by atoms with Crippen molar-refractivity contribution in [3.63, 3.8) is 0 Å². The molecule has 0 spiro atoms. The molecule has 1 heterocycles. The van der Waals surface area contributed by atoms with Gasteiger partial charge in [-0.2, -0.15) is 5.10 Å². The third kappa shape index (κ3) is 3.04. The summed E-state index contributed by atoms with van der Waals surface area (Å²) in [7, 11) is 1.89. The molecule has 0 saturated carbocycles. The summed E-state index contributed by atoms with van der Waals surface area (Å²) in [5, 5.41) is 16.1. The van der Waals surface area contributed by atoms with Crippen molar-refractivity contribution in [3.8, 4) is 0 Å². The number of carboxylic acids is 1. The highest BCUT2D eigenvalue weighted by atomic mass is 16.4. The van der Waals surface area contributed by atoms with Gasteiger partial charge in [0, 0.05) is 31.9 Å². The predicted molar refractivity (Wildman–Crippen MR) is 73.2 cm³/mol. The summed E-state index contributed by atoms with van der Waals surface area (Å²) >= 11 is 0. The van der Waals surface area contributed by atoms with E-state index in [1.54, 1.807) is 12.3 Å². The number of carbonyl (C=O) groups is 1. The maximum Gasteiger partial charge on any atom is 0.335 e. The Hall–Kier alpha value is -2.50. The average Bonchev–Trinajstić information content (AvgIpc) is 2.77. The maximum atomic E-state index is 10.8. The second kappa shape index (κ2) is 5.43. The Bertz CT molecular complexity index is 592. The molecule has 4 N–H and O–H groups in total. The first kappa shape index (κ1) is 12.9. The summed E-state index contributed by atoms with van der Waals surface area (Å²) in [5.41, 5.74) is 8.29. The van der Waals surface area contributed by atoms with E-state index in [1.165, 1.54) is 12.1 Å². The number of nitrogens with two attached hydrogens (primary N) is 1. The third-order valence-electron chi connectivity index (χ3n) is 2.92. The monoisotopic (exact) mass is 260 g/mol. The van der Waals surface area contributed by atoms with E-state index in [2.05, 4.69) is 10.4 Å². The molecule has 0 amide bonds. The Morgan fingerprint density at radius 3 is 2.84 bits per heavy atom. The Balaban J connectivity index is 1.96. The van der Waals surface area contributed by atoms with Gasteiger partial charge in [-0.05, 0) is 24.3 Å². The van der Waals surface area contributed by atoms with E-state index in [-0.39, 0.29) is 5.56 Å². The van der Waals surface area contributed by atoms with Gasteiger partial charge < -0.3 is 16.2 Å². The number of hydrogen-bond donors (Lipinski definition) is 3. The standard InChI is InChI=1S/C13H16N4O2/c1-17-10(5-7-16-17)4-6-15-12-3-2-9(13(18)19)8-11(12)14/h2-3,5,7-8,15H,4,6,14H2,1H3,(H,18,19). The minimum atomic E-state index is -0.979. The molecule has 2 rings (SSSR count). The molecule has 0 bridgehead atoms. The molecule has 0 atom stereocenters. The number of nitrogen functional groups attached to an aromatic ring is 1. The number of aryl methyl sites for hydroxylation is 1. The summed E-state index contributed by atoms with van der Waals surface area (Å²) in [4.78, 5) is 10.8. The molecule has 1 aromatic heterocycles. The number of carboxylic acid groups (broad SMARTS) is 1. The Kier molecular flexibility index (Phi) is 3.70. The van der Waals surface area contributed by atoms with Crippen LogP contribution < -0.4 is 11.1 Å². The first-order valence-electron chi connectivity index (χ1n) is 5.91. The van der Waals surface area contributed by atoms with Gasteiger partial charge in [0.15, 0.2) is 0 Å². The van der Waals surface area contributed by atoms with E-state index in [1.807, 2.05) is 17.8 Å². The minimum absolute atomic E-state index is 0.190. The maximum absolute atomic E-state index is 10.8. The van der Waals surface area contributed by atoms with Crippen LogP contribution in [0.15, 0.2) is 30.5 Å². The SMILES string of the molecule is Cn1nccc1CCNc1ccc(C(=O)O)cc1N. The number of anilines is 2. The van der Waals surface area contributed by atoms with E-state index in [4.69, 9.17) is 10.8 Å². The van der Waals surface area contributed by atoms with E-state index in [0.29, 0.717) is 12.2 Å². The third-order valence-corrected chi connectivity index (χ3v) is 2.92.